The highest BCUT2D eigenvalue weighted by Gasteiger charge is 2.10. The Morgan fingerprint density at radius 3 is 3.00 bits per heavy atom. The van der Waals surface area contributed by atoms with Crippen molar-refractivity contribution < 1.29 is 0 Å². The third-order valence-electron chi connectivity index (χ3n) is 2.38. The Bertz CT molecular complexity index is 607. The van der Waals surface area contributed by atoms with Crippen LogP contribution in [0.4, 0.5) is 0 Å². The summed E-state index contributed by atoms with van der Waals surface area (Å²) < 4.78 is 1.94. The summed E-state index contributed by atoms with van der Waals surface area (Å²) in [5, 5.41) is 15.1. The zero-order chi connectivity index (χ0) is 10.3. The minimum Gasteiger partial charge on any atom is -0.282 e. The van der Waals surface area contributed by atoms with Gasteiger partial charge in [0.1, 0.15) is 0 Å². The molecule has 0 aromatic carbocycles. The van der Waals surface area contributed by atoms with Crippen molar-refractivity contribution in [3.05, 3.63) is 36.3 Å². The summed E-state index contributed by atoms with van der Waals surface area (Å²) in [6, 6.07) is 5.82. The topological polar surface area (TPSA) is 58.9 Å². The van der Waals surface area contributed by atoms with Crippen LogP contribution in [0.5, 0.6) is 0 Å². The largest absolute Gasteiger partial charge is 0.282 e. The average Bonchev–Trinajstić information content (AvgIpc) is 2.83. The fourth-order valence-corrected chi connectivity index (χ4v) is 1.60. The Morgan fingerprint density at radius 2 is 2.20 bits per heavy atom. The summed E-state index contributed by atoms with van der Waals surface area (Å²) in [4.78, 5) is 0. The van der Waals surface area contributed by atoms with Gasteiger partial charge in [-0.25, -0.2) is 0 Å². The minimum atomic E-state index is 0.817. The molecule has 0 fully saturated rings. The van der Waals surface area contributed by atoms with Crippen LogP contribution in [0, 0.1) is 6.92 Å². The molecule has 15 heavy (non-hydrogen) atoms. The predicted octanol–water partition coefficient (Wildman–Crippen LogP) is 1.43. The number of nitrogens with zero attached hydrogens (tertiary/aromatic N) is 4. The molecule has 0 aliphatic heterocycles. The molecule has 0 spiro atoms. The number of aromatic nitrogens is 5. The Kier molecular flexibility index (Phi) is 1.58. The number of fused-ring (bicyclic) bond motifs is 1. The lowest BCUT2D eigenvalue weighted by molar-refractivity contribution is 1.04. The van der Waals surface area contributed by atoms with Gasteiger partial charge in [0.05, 0.1) is 11.8 Å². The van der Waals surface area contributed by atoms with Crippen LogP contribution in [0.25, 0.3) is 17.0 Å². The number of aryl methyl sites for hydroxylation is 1. The lowest BCUT2D eigenvalue weighted by atomic mass is 10.2. The van der Waals surface area contributed by atoms with Crippen LogP contribution in [0.2, 0.25) is 0 Å². The normalized spacial score (nSPS) is 11.0. The lowest BCUT2D eigenvalue weighted by Gasteiger charge is -1.96. The smallest absolute Gasteiger partial charge is 0.171 e. The highest BCUT2D eigenvalue weighted by Crippen LogP contribution is 2.19. The summed E-state index contributed by atoms with van der Waals surface area (Å²) >= 11 is 0. The Balaban J connectivity index is 2.32. The van der Waals surface area contributed by atoms with Gasteiger partial charge < -0.3 is 0 Å². The van der Waals surface area contributed by atoms with Crippen molar-refractivity contribution in [1.82, 2.24) is 24.8 Å². The molecule has 0 radical (unpaired) electrons. The van der Waals surface area contributed by atoms with Crippen LogP contribution in [0.15, 0.2) is 30.6 Å². The van der Waals surface area contributed by atoms with Crippen LogP contribution in [-0.4, -0.2) is 24.8 Å². The van der Waals surface area contributed by atoms with Crippen molar-refractivity contribution in [2.24, 2.45) is 0 Å². The van der Waals surface area contributed by atoms with Crippen LogP contribution in [0.1, 0.15) is 5.69 Å². The van der Waals surface area contributed by atoms with Gasteiger partial charge in [-0.2, -0.15) is 5.10 Å². The van der Waals surface area contributed by atoms with Crippen molar-refractivity contribution in [2.45, 2.75) is 6.92 Å². The van der Waals surface area contributed by atoms with Crippen LogP contribution in [0.3, 0.4) is 0 Å². The minimum absolute atomic E-state index is 0.817. The van der Waals surface area contributed by atoms with Crippen molar-refractivity contribution in [2.75, 3.05) is 0 Å². The Morgan fingerprint density at radius 1 is 1.27 bits per heavy atom. The molecule has 3 rings (SSSR count). The van der Waals surface area contributed by atoms with E-state index in [0.717, 1.165) is 22.7 Å². The van der Waals surface area contributed by atoms with Crippen molar-refractivity contribution in [1.29, 1.82) is 0 Å². The maximum Gasteiger partial charge on any atom is 0.171 e. The highest BCUT2D eigenvalue weighted by atomic mass is 15.2. The van der Waals surface area contributed by atoms with E-state index < -0.39 is 0 Å². The van der Waals surface area contributed by atoms with E-state index in [2.05, 4.69) is 20.4 Å². The van der Waals surface area contributed by atoms with E-state index in [9.17, 15) is 0 Å². The molecule has 5 nitrogen and oxygen atoms in total. The van der Waals surface area contributed by atoms with Crippen molar-refractivity contribution >= 4 is 5.65 Å². The van der Waals surface area contributed by atoms with Gasteiger partial charge >= 0.3 is 0 Å². The Labute approximate surface area is 85.8 Å². The molecule has 3 heterocycles. The molecule has 0 atom stereocenters. The maximum absolute atomic E-state index is 4.15. The van der Waals surface area contributed by atoms with Gasteiger partial charge in [-0.15, -0.1) is 10.2 Å². The quantitative estimate of drug-likeness (QED) is 0.645. The van der Waals surface area contributed by atoms with Crippen LogP contribution >= 0.6 is 0 Å². The molecule has 0 saturated heterocycles. The zero-order valence-corrected chi connectivity index (χ0v) is 8.18. The number of rotatable bonds is 1. The molecule has 1 N–H and O–H groups in total. The third kappa shape index (κ3) is 1.13. The molecule has 0 aliphatic rings. The van der Waals surface area contributed by atoms with E-state index in [1.165, 1.54) is 0 Å². The van der Waals surface area contributed by atoms with Gasteiger partial charge in [-0.05, 0) is 19.1 Å². The van der Waals surface area contributed by atoms with Gasteiger partial charge in [0.2, 0.25) is 0 Å². The number of aromatic amines is 1. The number of H-pyrrole nitrogens is 1. The summed E-state index contributed by atoms with van der Waals surface area (Å²) in [5.74, 6) is 0.817. The summed E-state index contributed by atoms with van der Waals surface area (Å²) in [7, 11) is 0. The van der Waals surface area contributed by atoms with Gasteiger partial charge in [-0.3, -0.25) is 9.50 Å². The molecule has 0 aliphatic carbocycles. The maximum atomic E-state index is 4.15. The number of hydrogen-bond donors (Lipinski definition) is 1. The second kappa shape index (κ2) is 2.91. The molecule has 0 unspecified atom stereocenters. The molecule has 5 heteroatoms. The summed E-state index contributed by atoms with van der Waals surface area (Å²) in [6.07, 6.45) is 3.70. The molecular formula is C10H9N5. The van der Waals surface area contributed by atoms with Gasteiger partial charge in [0, 0.05) is 11.9 Å². The molecule has 3 aromatic rings. The fraction of sp³-hybridized carbons (Fsp3) is 0.100. The van der Waals surface area contributed by atoms with Gasteiger partial charge in [0.25, 0.3) is 0 Å². The zero-order valence-electron chi connectivity index (χ0n) is 8.18. The van der Waals surface area contributed by atoms with E-state index in [-0.39, 0.29) is 0 Å². The van der Waals surface area contributed by atoms with E-state index in [0.29, 0.717) is 0 Å². The summed E-state index contributed by atoms with van der Waals surface area (Å²) in [5.41, 5.74) is 2.81. The second-order valence-electron chi connectivity index (χ2n) is 3.36. The first kappa shape index (κ1) is 8.16. The van der Waals surface area contributed by atoms with Crippen LogP contribution < -0.4 is 0 Å². The molecule has 0 bridgehead atoms. The number of nitrogens with one attached hydrogen (secondary N) is 1. The average molecular weight is 199 g/mol. The molecule has 74 valence electrons. The number of hydrogen-bond acceptors (Lipinski definition) is 3. The summed E-state index contributed by atoms with van der Waals surface area (Å²) in [6.45, 7) is 1.96. The van der Waals surface area contributed by atoms with Gasteiger partial charge in [0.15, 0.2) is 11.5 Å². The van der Waals surface area contributed by atoms with Crippen LogP contribution in [-0.2, 0) is 0 Å². The predicted molar refractivity (Wildman–Crippen MR) is 55.3 cm³/mol. The first-order valence-electron chi connectivity index (χ1n) is 4.66. The van der Waals surface area contributed by atoms with E-state index in [4.69, 9.17) is 0 Å². The molecule has 3 aromatic heterocycles. The standard InChI is InChI=1S/C10H9N5/c1-7-8(6-11-12-7)10-14-13-9-4-2-3-5-15(9)10/h2-6H,1H3,(H,11,12). The lowest BCUT2D eigenvalue weighted by Crippen LogP contribution is -1.88. The fourth-order valence-electron chi connectivity index (χ4n) is 1.60. The van der Waals surface area contributed by atoms with E-state index >= 15 is 0 Å². The van der Waals surface area contributed by atoms with E-state index in [1.807, 2.05) is 35.7 Å². The molecule has 0 saturated carbocycles. The van der Waals surface area contributed by atoms with Crippen molar-refractivity contribution in [3.8, 4) is 11.4 Å². The highest BCUT2D eigenvalue weighted by molar-refractivity contribution is 5.60. The Hall–Kier alpha value is -2.17. The molecular weight excluding hydrogens is 190 g/mol. The monoisotopic (exact) mass is 199 g/mol. The van der Waals surface area contributed by atoms with Gasteiger partial charge in [-0.1, -0.05) is 6.07 Å². The second-order valence-corrected chi connectivity index (χ2v) is 3.36. The first-order valence-corrected chi connectivity index (χ1v) is 4.66. The van der Waals surface area contributed by atoms with E-state index in [1.54, 1.807) is 6.20 Å². The first-order chi connectivity index (χ1) is 7.36. The number of pyridine rings is 1. The molecule has 0 amide bonds. The van der Waals surface area contributed by atoms with Crippen molar-refractivity contribution in [3.63, 3.8) is 0 Å². The third-order valence-corrected chi connectivity index (χ3v) is 2.38. The SMILES string of the molecule is Cc1[nH]ncc1-c1nnc2ccccn12.